The van der Waals surface area contributed by atoms with Gasteiger partial charge in [-0.25, -0.2) is 0 Å². The molecule has 0 amide bonds. The van der Waals surface area contributed by atoms with Crippen LogP contribution in [-0.4, -0.2) is 16.6 Å². The van der Waals surface area contributed by atoms with Gasteiger partial charge in [0.2, 0.25) is 0 Å². The van der Waals surface area contributed by atoms with Gasteiger partial charge in [-0.15, -0.1) is 16.9 Å². The lowest BCUT2D eigenvalue weighted by atomic mass is 10.1. The Balaban J connectivity index is 2.05. The molecule has 0 aliphatic rings. The molecule has 5 heteroatoms. The molecule has 0 bridgehead atoms. The Morgan fingerprint density at radius 2 is 2.12 bits per heavy atom. The summed E-state index contributed by atoms with van der Waals surface area (Å²) >= 11 is 3.20. The second-order valence-electron chi connectivity index (χ2n) is 3.83. The topological polar surface area (TPSA) is 37.8 Å². The number of hydrogen-bond donors (Lipinski definition) is 1. The van der Waals surface area contributed by atoms with Crippen LogP contribution in [0.4, 0.5) is 5.00 Å². The van der Waals surface area contributed by atoms with Crippen molar-refractivity contribution in [2.24, 2.45) is 0 Å². The first-order valence-electron chi connectivity index (χ1n) is 5.39. The van der Waals surface area contributed by atoms with Crippen LogP contribution in [-0.2, 0) is 5.75 Å². The number of rotatable bonds is 4. The zero-order chi connectivity index (χ0) is 12.3. The third-order valence-electron chi connectivity index (χ3n) is 2.64. The predicted octanol–water partition coefficient (Wildman–Crippen LogP) is 3.49. The molecule has 3 nitrogen and oxygen atoms in total. The minimum atomic E-state index is 0.856. The molecule has 17 heavy (non-hydrogen) atoms. The summed E-state index contributed by atoms with van der Waals surface area (Å²) in [5, 5.41) is 8.30. The average Bonchev–Trinajstić information content (AvgIpc) is 2.78. The number of nitrogens with zero attached hydrogens (tertiary/aromatic N) is 2. The molecule has 1 aromatic carbocycles. The largest absolute Gasteiger partial charge is 0.377 e. The van der Waals surface area contributed by atoms with Gasteiger partial charge in [0.25, 0.3) is 0 Å². The SMILES string of the molecule is CNc1snnc1CSc1ccc(C)c(C)c1. The van der Waals surface area contributed by atoms with Crippen molar-refractivity contribution >= 4 is 28.3 Å². The molecule has 1 N–H and O–H groups in total. The van der Waals surface area contributed by atoms with Gasteiger partial charge in [0, 0.05) is 29.2 Å². The second-order valence-corrected chi connectivity index (χ2v) is 5.64. The molecule has 0 saturated carbocycles. The highest BCUT2D eigenvalue weighted by molar-refractivity contribution is 7.98. The van der Waals surface area contributed by atoms with Crippen molar-refractivity contribution in [2.45, 2.75) is 24.5 Å². The molecule has 2 rings (SSSR count). The quantitative estimate of drug-likeness (QED) is 0.859. The summed E-state index contributed by atoms with van der Waals surface area (Å²) in [7, 11) is 1.90. The van der Waals surface area contributed by atoms with Crippen molar-refractivity contribution < 1.29 is 0 Å². The van der Waals surface area contributed by atoms with E-state index in [0.29, 0.717) is 0 Å². The predicted molar refractivity (Wildman–Crippen MR) is 74.9 cm³/mol. The van der Waals surface area contributed by atoms with Crippen molar-refractivity contribution in [1.29, 1.82) is 0 Å². The molecule has 1 heterocycles. The summed E-state index contributed by atoms with van der Waals surface area (Å²) < 4.78 is 3.95. The van der Waals surface area contributed by atoms with Gasteiger partial charge in [-0.1, -0.05) is 10.6 Å². The molecule has 0 saturated heterocycles. The maximum Gasteiger partial charge on any atom is 0.133 e. The Hall–Kier alpha value is -1.07. The summed E-state index contributed by atoms with van der Waals surface area (Å²) in [6.45, 7) is 4.27. The van der Waals surface area contributed by atoms with Crippen LogP contribution < -0.4 is 5.32 Å². The minimum Gasteiger partial charge on any atom is -0.377 e. The van der Waals surface area contributed by atoms with Gasteiger partial charge in [0.15, 0.2) is 0 Å². The van der Waals surface area contributed by atoms with E-state index in [-0.39, 0.29) is 0 Å². The third kappa shape index (κ3) is 2.98. The normalized spacial score (nSPS) is 10.5. The number of aromatic nitrogens is 2. The minimum absolute atomic E-state index is 0.856. The summed E-state index contributed by atoms with van der Waals surface area (Å²) in [6.07, 6.45) is 0. The molecule has 1 aromatic heterocycles. The first-order valence-corrected chi connectivity index (χ1v) is 7.15. The van der Waals surface area contributed by atoms with Crippen LogP contribution in [0.15, 0.2) is 23.1 Å². The van der Waals surface area contributed by atoms with Gasteiger partial charge in [0.05, 0.1) is 0 Å². The maximum atomic E-state index is 4.13. The monoisotopic (exact) mass is 265 g/mol. The zero-order valence-electron chi connectivity index (χ0n) is 10.2. The summed E-state index contributed by atoms with van der Waals surface area (Å²) in [5.74, 6) is 0.856. The molecule has 0 fully saturated rings. The number of thioether (sulfide) groups is 1. The third-order valence-corrected chi connectivity index (χ3v) is 4.43. The Bertz CT molecular complexity index is 508. The number of anilines is 1. The first-order chi connectivity index (χ1) is 8.20. The molecule has 0 atom stereocenters. The summed E-state index contributed by atoms with van der Waals surface area (Å²) in [6, 6.07) is 6.54. The van der Waals surface area contributed by atoms with Crippen LogP contribution in [0.3, 0.4) is 0 Å². The van der Waals surface area contributed by atoms with E-state index in [1.54, 1.807) is 11.8 Å². The molecule has 2 aromatic rings. The van der Waals surface area contributed by atoms with Gasteiger partial charge in [-0.05, 0) is 37.1 Å². The highest BCUT2D eigenvalue weighted by Crippen LogP contribution is 2.28. The lowest BCUT2D eigenvalue weighted by Crippen LogP contribution is -1.91. The second kappa shape index (κ2) is 5.51. The van der Waals surface area contributed by atoms with Crippen molar-refractivity contribution in [2.75, 3.05) is 12.4 Å². The van der Waals surface area contributed by atoms with Crippen molar-refractivity contribution in [3.8, 4) is 0 Å². The molecule has 0 aliphatic heterocycles. The number of benzene rings is 1. The number of aryl methyl sites for hydroxylation is 2. The van der Waals surface area contributed by atoms with E-state index in [2.05, 4.69) is 47.0 Å². The molecule has 0 spiro atoms. The van der Waals surface area contributed by atoms with Crippen LogP contribution in [0.1, 0.15) is 16.8 Å². The van der Waals surface area contributed by atoms with Crippen LogP contribution >= 0.6 is 23.3 Å². The molecule has 0 unspecified atom stereocenters. The van der Waals surface area contributed by atoms with Crippen molar-refractivity contribution in [3.63, 3.8) is 0 Å². The van der Waals surface area contributed by atoms with E-state index in [4.69, 9.17) is 0 Å². The Morgan fingerprint density at radius 3 is 2.82 bits per heavy atom. The van der Waals surface area contributed by atoms with E-state index >= 15 is 0 Å². The Kier molecular flexibility index (Phi) is 4.02. The van der Waals surface area contributed by atoms with Gasteiger partial charge >= 0.3 is 0 Å². The zero-order valence-corrected chi connectivity index (χ0v) is 11.8. The fourth-order valence-electron chi connectivity index (χ4n) is 1.45. The van der Waals surface area contributed by atoms with E-state index in [9.17, 15) is 0 Å². The van der Waals surface area contributed by atoms with Gasteiger partial charge in [-0.2, -0.15) is 0 Å². The van der Waals surface area contributed by atoms with E-state index in [0.717, 1.165) is 16.4 Å². The Labute approximate surface area is 110 Å². The maximum absolute atomic E-state index is 4.13. The van der Waals surface area contributed by atoms with E-state index in [1.807, 2.05) is 7.05 Å². The first kappa shape index (κ1) is 12.4. The highest BCUT2D eigenvalue weighted by Gasteiger charge is 2.06. The highest BCUT2D eigenvalue weighted by atomic mass is 32.2. The average molecular weight is 265 g/mol. The summed E-state index contributed by atoms with van der Waals surface area (Å²) in [4.78, 5) is 1.28. The number of hydrogen-bond acceptors (Lipinski definition) is 5. The standard InChI is InChI=1S/C12H15N3S2/c1-8-4-5-10(6-9(8)2)16-7-11-12(13-3)17-15-14-11/h4-6,13H,7H2,1-3H3. The molecule has 90 valence electrons. The van der Waals surface area contributed by atoms with Crippen LogP contribution in [0.5, 0.6) is 0 Å². The lowest BCUT2D eigenvalue weighted by Gasteiger charge is -2.04. The van der Waals surface area contributed by atoms with Gasteiger partial charge in [0.1, 0.15) is 10.7 Å². The van der Waals surface area contributed by atoms with Gasteiger partial charge in [-0.3, -0.25) is 0 Å². The molecule has 0 radical (unpaired) electrons. The number of nitrogens with one attached hydrogen (secondary N) is 1. The molecular formula is C12H15N3S2. The fourth-order valence-corrected chi connectivity index (χ4v) is 3.00. The smallest absolute Gasteiger partial charge is 0.133 e. The fraction of sp³-hybridized carbons (Fsp3) is 0.333. The van der Waals surface area contributed by atoms with Crippen LogP contribution in [0.2, 0.25) is 0 Å². The lowest BCUT2D eigenvalue weighted by molar-refractivity contribution is 1.07. The van der Waals surface area contributed by atoms with E-state index in [1.165, 1.54) is 27.6 Å². The van der Waals surface area contributed by atoms with Crippen molar-refractivity contribution in [1.82, 2.24) is 9.59 Å². The summed E-state index contributed by atoms with van der Waals surface area (Å²) in [5.41, 5.74) is 3.70. The van der Waals surface area contributed by atoms with Crippen LogP contribution in [0.25, 0.3) is 0 Å². The van der Waals surface area contributed by atoms with Gasteiger partial charge < -0.3 is 5.32 Å². The molecular weight excluding hydrogens is 250 g/mol. The van der Waals surface area contributed by atoms with E-state index < -0.39 is 0 Å². The van der Waals surface area contributed by atoms with Crippen LogP contribution in [0, 0.1) is 13.8 Å². The van der Waals surface area contributed by atoms with Crippen molar-refractivity contribution in [3.05, 3.63) is 35.0 Å². The Morgan fingerprint density at radius 1 is 1.29 bits per heavy atom. The molecule has 0 aliphatic carbocycles.